The summed E-state index contributed by atoms with van der Waals surface area (Å²) in [5, 5.41) is 23.5. The van der Waals surface area contributed by atoms with Crippen molar-refractivity contribution in [2.75, 3.05) is 0 Å². The van der Waals surface area contributed by atoms with E-state index in [4.69, 9.17) is 0 Å². The quantitative estimate of drug-likeness (QED) is 0.565. The Kier molecular flexibility index (Phi) is 3.89. The molecule has 2 nitrogen and oxygen atoms in total. The number of phenolic OH excluding ortho intramolecular Hbond substituents is 2. The number of thioether (sulfide) groups is 1. The fourth-order valence-corrected chi connectivity index (χ4v) is 4.99. The minimum atomic E-state index is 0.161. The van der Waals surface area contributed by atoms with Gasteiger partial charge < -0.3 is 10.2 Å². The maximum absolute atomic E-state index is 11.0. The maximum atomic E-state index is 11.0. The van der Waals surface area contributed by atoms with Crippen LogP contribution in [0.4, 0.5) is 0 Å². The zero-order valence-corrected chi connectivity index (χ0v) is 14.4. The number of rotatable bonds is 2. The molecule has 0 fully saturated rings. The Bertz CT molecular complexity index is 889. The Morgan fingerprint density at radius 1 is 0.792 bits per heavy atom. The summed E-state index contributed by atoms with van der Waals surface area (Å²) in [6.07, 6.45) is 2.02. The van der Waals surface area contributed by atoms with Crippen molar-refractivity contribution < 1.29 is 10.2 Å². The van der Waals surface area contributed by atoms with E-state index in [0.717, 1.165) is 34.7 Å². The van der Waals surface area contributed by atoms with Crippen molar-refractivity contribution >= 4 is 22.5 Å². The van der Waals surface area contributed by atoms with Crippen LogP contribution in [0, 0.1) is 0 Å². The molecule has 2 atom stereocenters. The van der Waals surface area contributed by atoms with Crippen molar-refractivity contribution in [3.8, 4) is 11.5 Å². The molecule has 24 heavy (non-hydrogen) atoms. The summed E-state index contributed by atoms with van der Waals surface area (Å²) in [5.74, 6) is 0.922. The molecule has 0 aliphatic heterocycles. The molecule has 0 saturated heterocycles. The molecule has 1 aliphatic rings. The molecule has 122 valence electrons. The minimum Gasteiger partial charge on any atom is -0.507 e. The van der Waals surface area contributed by atoms with Gasteiger partial charge in [-0.05, 0) is 30.9 Å². The Hall–Kier alpha value is -2.13. The van der Waals surface area contributed by atoms with Gasteiger partial charge in [0.1, 0.15) is 11.5 Å². The Balaban J connectivity index is 1.90. The molecule has 0 radical (unpaired) electrons. The molecule has 0 aromatic heterocycles. The molecule has 1 aliphatic carbocycles. The zero-order chi connectivity index (χ0) is 16.7. The average Bonchev–Trinajstić information content (AvgIpc) is 2.62. The zero-order valence-electron chi connectivity index (χ0n) is 13.6. The number of aromatic hydroxyl groups is 2. The second kappa shape index (κ2) is 6.06. The second-order valence-electron chi connectivity index (χ2n) is 6.47. The third-order valence-electron chi connectivity index (χ3n) is 4.94. The molecule has 3 heteroatoms. The lowest BCUT2D eigenvalue weighted by molar-refractivity contribution is 0.436. The van der Waals surface area contributed by atoms with E-state index in [-0.39, 0.29) is 11.2 Å². The Labute approximate surface area is 146 Å². The van der Waals surface area contributed by atoms with Crippen LogP contribution in [0.5, 0.6) is 11.5 Å². The van der Waals surface area contributed by atoms with E-state index in [1.165, 1.54) is 4.90 Å². The van der Waals surface area contributed by atoms with Gasteiger partial charge in [-0.2, -0.15) is 0 Å². The lowest BCUT2D eigenvalue weighted by Crippen LogP contribution is -2.12. The summed E-state index contributed by atoms with van der Waals surface area (Å²) in [6, 6.07) is 17.8. The first-order valence-electron chi connectivity index (χ1n) is 8.35. The first-order valence-corrected chi connectivity index (χ1v) is 9.23. The van der Waals surface area contributed by atoms with Crippen LogP contribution in [0.2, 0.25) is 0 Å². The molecule has 0 spiro atoms. The molecular weight excluding hydrogens is 316 g/mol. The van der Waals surface area contributed by atoms with E-state index in [1.54, 1.807) is 11.8 Å². The molecule has 2 unspecified atom stereocenters. The topological polar surface area (TPSA) is 40.5 Å². The van der Waals surface area contributed by atoms with Crippen molar-refractivity contribution in [3.63, 3.8) is 0 Å². The predicted molar refractivity (Wildman–Crippen MR) is 100.0 cm³/mol. The second-order valence-corrected chi connectivity index (χ2v) is 7.74. The number of phenols is 2. The fraction of sp³-hybridized carbons (Fsp3) is 0.238. The van der Waals surface area contributed by atoms with Crippen LogP contribution in [0.3, 0.4) is 0 Å². The average molecular weight is 336 g/mol. The highest BCUT2D eigenvalue weighted by Crippen LogP contribution is 2.55. The first kappa shape index (κ1) is 15.4. The first-order chi connectivity index (χ1) is 11.7. The van der Waals surface area contributed by atoms with Gasteiger partial charge in [-0.1, -0.05) is 49.4 Å². The number of benzene rings is 3. The van der Waals surface area contributed by atoms with Gasteiger partial charge in [0.15, 0.2) is 0 Å². The summed E-state index contributed by atoms with van der Waals surface area (Å²) in [5.41, 5.74) is 1.84. The van der Waals surface area contributed by atoms with Crippen LogP contribution in [0.25, 0.3) is 10.8 Å². The third-order valence-corrected chi connectivity index (χ3v) is 6.24. The molecule has 0 amide bonds. The minimum absolute atomic E-state index is 0.161. The molecular formula is C21H20O2S. The van der Waals surface area contributed by atoms with E-state index in [2.05, 4.69) is 19.1 Å². The monoisotopic (exact) mass is 336 g/mol. The van der Waals surface area contributed by atoms with Gasteiger partial charge in [0, 0.05) is 32.0 Å². The van der Waals surface area contributed by atoms with Crippen LogP contribution >= 0.6 is 11.8 Å². The normalized spacial score (nSPS) is 20.0. The van der Waals surface area contributed by atoms with Crippen LogP contribution < -0.4 is 0 Å². The van der Waals surface area contributed by atoms with E-state index in [0.29, 0.717) is 11.5 Å². The van der Waals surface area contributed by atoms with E-state index in [9.17, 15) is 10.2 Å². The van der Waals surface area contributed by atoms with Crippen LogP contribution in [-0.4, -0.2) is 10.2 Å². The maximum Gasteiger partial charge on any atom is 0.128 e. The Morgan fingerprint density at radius 3 is 2.04 bits per heavy atom. The number of hydrogen-bond acceptors (Lipinski definition) is 3. The standard InChI is InChI=1S/C21H20O2S/c1-13-11-12-17(24-14-7-3-2-4-8-14)19-18(13)20(22)15-9-5-6-10-16(15)21(19)23/h2-10,13,17,22-23H,11-12H2,1H3. The Morgan fingerprint density at radius 2 is 1.38 bits per heavy atom. The van der Waals surface area contributed by atoms with E-state index >= 15 is 0 Å². The van der Waals surface area contributed by atoms with E-state index in [1.807, 2.05) is 42.5 Å². The summed E-state index contributed by atoms with van der Waals surface area (Å²) in [4.78, 5) is 1.19. The number of fused-ring (bicyclic) bond motifs is 2. The summed E-state index contributed by atoms with van der Waals surface area (Å²) in [7, 11) is 0. The van der Waals surface area contributed by atoms with Gasteiger partial charge in [0.25, 0.3) is 0 Å². The molecule has 3 aromatic rings. The molecule has 0 bridgehead atoms. The fourth-order valence-electron chi connectivity index (χ4n) is 3.74. The summed E-state index contributed by atoms with van der Waals surface area (Å²) < 4.78 is 0. The predicted octanol–water partition coefficient (Wildman–Crippen LogP) is 5.98. The molecule has 3 aromatic carbocycles. The largest absolute Gasteiger partial charge is 0.507 e. The van der Waals surface area contributed by atoms with Gasteiger partial charge in [0.2, 0.25) is 0 Å². The highest BCUT2D eigenvalue weighted by atomic mass is 32.2. The smallest absolute Gasteiger partial charge is 0.128 e. The van der Waals surface area contributed by atoms with Crippen molar-refractivity contribution in [3.05, 3.63) is 65.7 Å². The van der Waals surface area contributed by atoms with E-state index < -0.39 is 0 Å². The van der Waals surface area contributed by atoms with Crippen molar-refractivity contribution in [2.24, 2.45) is 0 Å². The van der Waals surface area contributed by atoms with Crippen molar-refractivity contribution in [1.82, 2.24) is 0 Å². The van der Waals surface area contributed by atoms with Crippen molar-refractivity contribution in [2.45, 2.75) is 35.8 Å². The van der Waals surface area contributed by atoms with Gasteiger partial charge >= 0.3 is 0 Å². The highest BCUT2D eigenvalue weighted by molar-refractivity contribution is 7.99. The van der Waals surface area contributed by atoms with Gasteiger partial charge in [-0.15, -0.1) is 11.8 Å². The van der Waals surface area contributed by atoms with Gasteiger partial charge in [-0.25, -0.2) is 0 Å². The lowest BCUT2D eigenvalue weighted by Gasteiger charge is -2.31. The van der Waals surface area contributed by atoms with Crippen LogP contribution in [0.15, 0.2) is 59.5 Å². The molecule has 0 heterocycles. The van der Waals surface area contributed by atoms with Crippen LogP contribution in [0.1, 0.15) is 42.1 Å². The summed E-state index contributed by atoms with van der Waals surface area (Å²) >= 11 is 1.77. The third kappa shape index (κ3) is 2.44. The van der Waals surface area contributed by atoms with Gasteiger partial charge in [-0.3, -0.25) is 0 Å². The lowest BCUT2D eigenvalue weighted by atomic mass is 9.80. The molecule has 4 rings (SSSR count). The molecule has 0 saturated carbocycles. The summed E-state index contributed by atoms with van der Waals surface area (Å²) in [6.45, 7) is 2.14. The number of hydrogen-bond donors (Lipinski definition) is 2. The SMILES string of the molecule is CC1CCC(Sc2ccccc2)c2c1c(O)c1ccccc1c2O. The highest BCUT2D eigenvalue weighted by Gasteiger charge is 2.32. The van der Waals surface area contributed by atoms with Crippen molar-refractivity contribution in [1.29, 1.82) is 0 Å². The molecule has 2 N–H and O–H groups in total. The van der Waals surface area contributed by atoms with Gasteiger partial charge in [0.05, 0.1) is 0 Å². The van der Waals surface area contributed by atoms with Crippen LogP contribution in [-0.2, 0) is 0 Å².